The minimum Gasteiger partial charge on any atom is -0.391 e. The molecule has 0 spiro atoms. The van der Waals surface area contributed by atoms with Gasteiger partial charge in [0.2, 0.25) is 0 Å². The monoisotopic (exact) mass is 254 g/mol. The molecule has 1 N–H and O–H groups in total. The molecule has 0 amide bonds. The lowest BCUT2D eigenvalue weighted by Crippen LogP contribution is -2.29. The van der Waals surface area contributed by atoms with Gasteiger partial charge in [-0.2, -0.15) is 0 Å². The molecule has 0 bridgehead atoms. The van der Waals surface area contributed by atoms with Crippen LogP contribution >= 0.6 is 11.3 Å². The Morgan fingerprint density at radius 2 is 1.88 bits per heavy atom. The zero-order valence-electron chi connectivity index (χ0n) is 11.0. The fraction of sp³-hybridized carbons (Fsp3) is 0.769. The summed E-state index contributed by atoms with van der Waals surface area (Å²) >= 11 is 1.66. The highest BCUT2D eigenvalue weighted by molar-refractivity contribution is 7.15. The number of aliphatic hydroxyl groups excluding tert-OH is 1. The fourth-order valence-corrected chi connectivity index (χ4v) is 3.43. The van der Waals surface area contributed by atoms with E-state index in [-0.39, 0.29) is 12.0 Å². The minimum absolute atomic E-state index is 0.0165. The topological polar surface area (TPSA) is 36.4 Å². The number of aromatic nitrogens is 1. The lowest BCUT2D eigenvalue weighted by molar-refractivity contribution is 0.282. The van der Waals surface area contributed by atoms with E-state index in [2.05, 4.69) is 25.7 Å². The van der Waals surface area contributed by atoms with E-state index < -0.39 is 0 Å². The third kappa shape index (κ3) is 2.80. The van der Waals surface area contributed by atoms with Crippen LogP contribution < -0.4 is 4.90 Å². The number of hydrogen-bond donors (Lipinski definition) is 1. The summed E-state index contributed by atoms with van der Waals surface area (Å²) in [5.74, 6) is 0. The van der Waals surface area contributed by atoms with E-state index in [0.717, 1.165) is 28.8 Å². The van der Waals surface area contributed by atoms with E-state index in [0.29, 0.717) is 0 Å². The molecule has 0 aromatic carbocycles. The lowest BCUT2D eigenvalue weighted by atomic mass is 9.91. The largest absolute Gasteiger partial charge is 0.391 e. The molecule has 1 aromatic heterocycles. The molecule has 1 saturated heterocycles. The summed E-state index contributed by atoms with van der Waals surface area (Å²) in [7, 11) is 0. The van der Waals surface area contributed by atoms with Gasteiger partial charge in [0.05, 0.1) is 17.2 Å². The molecule has 0 saturated carbocycles. The lowest BCUT2D eigenvalue weighted by Gasteiger charge is -2.26. The van der Waals surface area contributed by atoms with Crippen LogP contribution in [0.5, 0.6) is 0 Å². The molecule has 0 radical (unpaired) electrons. The van der Waals surface area contributed by atoms with E-state index in [4.69, 9.17) is 4.98 Å². The molecule has 4 heteroatoms. The predicted molar refractivity (Wildman–Crippen MR) is 72.8 cm³/mol. The third-order valence-corrected chi connectivity index (χ3v) is 4.27. The molecule has 1 aliphatic rings. The Morgan fingerprint density at radius 1 is 1.24 bits per heavy atom. The van der Waals surface area contributed by atoms with Crippen molar-refractivity contribution < 1.29 is 5.11 Å². The van der Waals surface area contributed by atoms with Crippen LogP contribution in [0, 0.1) is 0 Å². The van der Waals surface area contributed by atoms with Crippen molar-refractivity contribution in [3.05, 3.63) is 10.6 Å². The van der Waals surface area contributed by atoms with Crippen LogP contribution in [0.2, 0.25) is 0 Å². The number of anilines is 1. The Hall–Kier alpha value is -0.610. The molecule has 2 heterocycles. The van der Waals surface area contributed by atoms with Gasteiger partial charge >= 0.3 is 0 Å². The van der Waals surface area contributed by atoms with E-state index in [1.54, 1.807) is 11.3 Å². The molecule has 2 rings (SSSR count). The average Bonchev–Trinajstić information content (AvgIpc) is 2.74. The maximum Gasteiger partial charge on any atom is 0.185 e. The zero-order chi connectivity index (χ0) is 12.5. The Morgan fingerprint density at radius 3 is 2.35 bits per heavy atom. The van der Waals surface area contributed by atoms with E-state index in [9.17, 15) is 5.11 Å². The quantitative estimate of drug-likeness (QED) is 0.881. The standard InChI is InChI=1S/C13H22N2OS/c1-13(2,3)11-10(9-16)17-12(14-11)15-7-5-4-6-8-15/h16H,4-9H2,1-3H3. The van der Waals surface area contributed by atoms with Gasteiger partial charge in [-0.1, -0.05) is 32.1 Å². The smallest absolute Gasteiger partial charge is 0.185 e. The maximum absolute atomic E-state index is 9.45. The molecule has 0 aliphatic carbocycles. The molecule has 96 valence electrons. The number of hydrogen-bond acceptors (Lipinski definition) is 4. The number of rotatable bonds is 2. The maximum atomic E-state index is 9.45. The summed E-state index contributed by atoms with van der Waals surface area (Å²) in [6, 6.07) is 0. The van der Waals surface area contributed by atoms with Crippen molar-refractivity contribution in [2.45, 2.75) is 52.1 Å². The van der Waals surface area contributed by atoms with E-state index >= 15 is 0 Å². The van der Waals surface area contributed by atoms with Gasteiger partial charge in [0.25, 0.3) is 0 Å². The second kappa shape index (κ2) is 4.94. The molecular weight excluding hydrogens is 232 g/mol. The van der Waals surface area contributed by atoms with Crippen LogP contribution in [0.3, 0.4) is 0 Å². The molecular formula is C13H22N2OS. The Balaban J connectivity index is 2.27. The Bertz CT molecular complexity index is 375. The highest BCUT2D eigenvalue weighted by Crippen LogP contribution is 2.34. The SMILES string of the molecule is CC(C)(C)c1nc(N2CCCCC2)sc1CO. The molecule has 1 aromatic rings. The predicted octanol–water partition coefficient (Wildman–Crippen LogP) is 2.92. The molecule has 0 atom stereocenters. The first-order valence-corrected chi connectivity index (χ1v) is 7.20. The zero-order valence-corrected chi connectivity index (χ0v) is 11.8. The van der Waals surface area contributed by atoms with Crippen LogP contribution in [0.4, 0.5) is 5.13 Å². The number of aliphatic hydroxyl groups is 1. The molecule has 1 aliphatic heterocycles. The third-order valence-electron chi connectivity index (χ3n) is 3.17. The van der Waals surface area contributed by atoms with Gasteiger partial charge in [-0.15, -0.1) is 0 Å². The van der Waals surface area contributed by atoms with Gasteiger partial charge < -0.3 is 10.0 Å². The normalized spacial score (nSPS) is 17.5. The van der Waals surface area contributed by atoms with Gasteiger partial charge in [-0.3, -0.25) is 0 Å². The summed E-state index contributed by atoms with van der Waals surface area (Å²) in [6.07, 6.45) is 3.86. The van der Waals surface area contributed by atoms with E-state index in [1.165, 1.54) is 19.3 Å². The first-order chi connectivity index (χ1) is 8.02. The van der Waals surface area contributed by atoms with Crippen molar-refractivity contribution >= 4 is 16.5 Å². The Labute approximate surface area is 107 Å². The van der Waals surface area contributed by atoms with Gasteiger partial charge in [-0.05, 0) is 19.3 Å². The summed E-state index contributed by atoms with van der Waals surface area (Å²) < 4.78 is 0. The van der Waals surface area contributed by atoms with Crippen molar-refractivity contribution in [3.63, 3.8) is 0 Å². The van der Waals surface area contributed by atoms with Gasteiger partial charge in [0.15, 0.2) is 5.13 Å². The second-order valence-electron chi connectivity index (χ2n) is 5.72. The number of piperidine rings is 1. The molecule has 17 heavy (non-hydrogen) atoms. The summed E-state index contributed by atoms with van der Waals surface area (Å²) in [5, 5.41) is 10.5. The van der Waals surface area contributed by atoms with E-state index in [1.807, 2.05) is 0 Å². The highest BCUT2D eigenvalue weighted by Gasteiger charge is 2.25. The highest BCUT2D eigenvalue weighted by atomic mass is 32.1. The van der Waals surface area contributed by atoms with Crippen LogP contribution in [0.25, 0.3) is 0 Å². The van der Waals surface area contributed by atoms with Crippen molar-refractivity contribution in [1.29, 1.82) is 0 Å². The van der Waals surface area contributed by atoms with Crippen molar-refractivity contribution in [3.8, 4) is 0 Å². The molecule has 0 unspecified atom stereocenters. The Kier molecular flexibility index (Phi) is 3.73. The molecule has 3 nitrogen and oxygen atoms in total. The van der Waals surface area contributed by atoms with Gasteiger partial charge in [0.1, 0.15) is 0 Å². The second-order valence-corrected chi connectivity index (χ2v) is 6.79. The first-order valence-electron chi connectivity index (χ1n) is 6.38. The minimum atomic E-state index is 0.0165. The summed E-state index contributed by atoms with van der Waals surface area (Å²) in [5.41, 5.74) is 1.08. The van der Waals surface area contributed by atoms with Crippen LogP contribution in [0.1, 0.15) is 50.6 Å². The van der Waals surface area contributed by atoms with Crippen LogP contribution in [-0.2, 0) is 12.0 Å². The van der Waals surface area contributed by atoms with Crippen molar-refractivity contribution in [1.82, 2.24) is 4.98 Å². The van der Waals surface area contributed by atoms with Gasteiger partial charge in [-0.25, -0.2) is 4.98 Å². The molecule has 1 fully saturated rings. The number of nitrogens with zero attached hydrogens (tertiary/aromatic N) is 2. The summed E-state index contributed by atoms with van der Waals surface area (Å²) in [6.45, 7) is 8.80. The fourth-order valence-electron chi connectivity index (χ4n) is 2.25. The van der Waals surface area contributed by atoms with Crippen molar-refractivity contribution in [2.24, 2.45) is 0 Å². The summed E-state index contributed by atoms with van der Waals surface area (Å²) in [4.78, 5) is 8.15. The first kappa shape index (κ1) is 12.8. The van der Waals surface area contributed by atoms with Gasteiger partial charge in [0, 0.05) is 18.5 Å². The van der Waals surface area contributed by atoms with Crippen molar-refractivity contribution in [2.75, 3.05) is 18.0 Å². The van der Waals surface area contributed by atoms with Crippen LogP contribution in [-0.4, -0.2) is 23.2 Å². The van der Waals surface area contributed by atoms with Crippen LogP contribution in [0.15, 0.2) is 0 Å². The number of thiazole rings is 1. The average molecular weight is 254 g/mol.